The first-order valence-electron chi connectivity index (χ1n) is 32.8. The second kappa shape index (κ2) is 32.5. The number of benzene rings is 6. The molecule has 0 unspecified atom stereocenters. The molecule has 1 aromatic heterocycles. The predicted octanol–water partition coefficient (Wildman–Crippen LogP) is 28.9. The second-order valence-corrected chi connectivity index (χ2v) is 23.8. The monoisotopic (exact) mass is 1170 g/mol. The summed E-state index contributed by atoms with van der Waals surface area (Å²) in [7, 11) is 0. The van der Waals surface area contributed by atoms with Crippen molar-refractivity contribution in [2.24, 2.45) is 0 Å². The number of nitrogens with zero attached hydrogens (tertiary/aromatic N) is 1. The summed E-state index contributed by atoms with van der Waals surface area (Å²) in [5.41, 5.74) is 62.3. The summed E-state index contributed by atoms with van der Waals surface area (Å²) < 4.78 is 2.60. The number of hydrogen-bond donors (Lipinski definition) is 0. The normalized spacial score (nSPS) is 13.2. The molecular weight excluding hydrogens is 1050 g/mol. The van der Waals surface area contributed by atoms with E-state index < -0.39 is 5.41 Å². The Bertz CT molecular complexity index is 4230. The van der Waals surface area contributed by atoms with Crippen LogP contribution in [0.3, 0.4) is 0 Å². The molecule has 0 aliphatic heterocycles. The van der Waals surface area contributed by atoms with Crippen LogP contribution in [0.4, 0.5) is 0 Å². The van der Waals surface area contributed by atoms with Crippen LogP contribution in [-0.4, -0.2) is 4.57 Å². The number of aryl methyl sites for hydroxylation is 1. The van der Waals surface area contributed by atoms with Crippen molar-refractivity contribution >= 4 is 21.8 Å². The minimum atomic E-state index is -0.801. The van der Waals surface area contributed by atoms with Crippen LogP contribution in [0.15, 0.2) is 238 Å². The van der Waals surface area contributed by atoms with E-state index in [1.807, 2.05) is 12.2 Å². The van der Waals surface area contributed by atoms with E-state index in [9.17, 15) is 0 Å². The van der Waals surface area contributed by atoms with Crippen LogP contribution >= 0.6 is 0 Å². The fraction of sp³-hybridized carbons (Fsp3) is 0.349. The maximum absolute atomic E-state index is 3.52. The van der Waals surface area contributed by atoms with E-state index in [-0.39, 0.29) is 33.9 Å². The zero-order valence-electron chi connectivity index (χ0n) is 52.2. The molecular formula is C86H125N. The summed E-state index contributed by atoms with van der Waals surface area (Å²) in [5, 5.41) is 2.57. The highest BCUT2D eigenvalue weighted by molar-refractivity contribution is 6.10. The van der Waals surface area contributed by atoms with E-state index >= 15 is 0 Å². The van der Waals surface area contributed by atoms with E-state index in [4.69, 9.17) is 0 Å². The fourth-order valence-electron chi connectivity index (χ4n) is 13.8. The van der Waals surface area contributed by atoms with Gasteiger partial charge in [0.05, 0.1) is 5.41 Å². The Kier molecular flexibility index (Phi) is 23.4. The molecule has 474 valence electrons. The molecule has 0 saturated heterocycles. The van der Waals surface area contributed by atoms with Gasteiger partial charge < -0.3 is 4.57 Å². The van der Waals surface area contributed by atoms with Gasteiger partial charge in [0.1, 0.15) is 0 Å². The molecule has 0 fully saturated rings. The zero-order chi connectivity index (χ0) is 60.4. The lowest BCUT2D eigenvalue weighted by Crippen LogP contribution is -2.25. The summed E-state index contributed by atoms with van der Waals surface area (Å²) >= 11 is 0. The van der Waals surface area contributed by atoms with E-state index in [2.05, 4.69) is 252 Å². The molecule has 1 heteroatoms. The molecule has 0 N–H and O–H groups in total. The molecule has 0 amide bonds. The van der Waals surface area contributed by atoms with Gasteiger partial charge >= 0.3 is 0 Å². The second-order valence-electron chi connectivity index (χ2n) is 23.8. The summed E-state index contributed by atoms with van der Waals surface area (Å²) in [6, 6.07) is 46.9. The molecule has 2 aliphatic carbocycles. The van der Waals surface area contributed by atoms with E-state index in [1.165, 1.54) is 192 Å². The van der Waals surface area contributed by atoms with Gasteiger partial charge in [0.2, 0.25) is 0 Å². The van der Waals surface area contributed by atoms with Gasteiger partial charge in [-0.05, 0) is 217 Å². The Balaban J connectivity index is -0.000000451. The molecule has 1 nitrogen and oxygen atoms in total. The van der Waals surface area contributed by atoms with Gasteiger partial charge in [-0.1, -0.05) is 263 Å². The third kappa shape index (κ3) is 15.2. The van der Waals surface area contributed by atoms with Crippen LogP contribution in [-0.2, 0) is 17.4 Å². The maximum atomic E-state index is 3.52. The minimum absolute atomic E-state index is 0. The molecule has 7 aromatic rings. The van der Waals surface area contributed by atoms with Gasteiger partial charge in [-0.2, -0.15) is 0 Å². The van der Waals surface area contributed by atoms with Crippen LogP contribution in [0.1, 0.15) is 226 Å². The van der Waals surface area contributed by atoms with Crippen LogP contribution in [0.5, 0.6) is 0 Å². The zero-order valence-corrected chi connectivity index (χ0v) is 52.2. The number of allylic oxidation sites excluding steroid dienone is 2. The summed E-state index contributed by atoms with van der Waals surface area (Å²) in [4.78, 5) is 0. The van der Waals surface area contributed by atoms with Crippen LogP contribution in [0.2, 0.25) is 0 Å². The highest BCUT2D eigenvalue weighted by Gasteiger charge is 2.43. The quantitative estimate of drug-likeness (QED) is 0.0325. The molecule has 0 atom stereocenters. The Morgan fingerprint density at radius 3 is 1.22 bits per heavy atom. The third-order valence-electron chi connectivity index (χ3n) is 18.1. The Morgan fingerprint density at radius 1 is 0.356 bits per heavy atom. The summed E-state index contributed by atoms with van der Waals surface area (Å²) in [6.07, 6.45) is 35.3. The number of rotatable bonds is 29. The largest absolute Gasteiger partial charge is 0.340 e. The van der Waals surface area contributed by atoms with Gasteiger partial charge in [-0.15, -0.1) is 0 Å². The molecule has 1 heterocycles. The Labute approximate surface area is 550 Å². The molecule has 87 heavy (non-hydrogen) atoms. The Hall–Kier alpha value is -8.92. The third-order valence-corrected chi connectivity index (χ3v) is 18.1. The number of hydrogen-bond acceptors (Lipinski definition) is 0. The van der Waals surface area contributed by atoms with Crippen LogP contribution < -0.4 is 0 Å². The number of unbranched alkanes of at least 4 members (excludes halogenated alkanes) is 19. The van der Waals surface area contributed by atoms with Crippen molar-refractivity contribution in [2.75, 3.05) is 0 Å². The summed E-state index contributed by atoms with van der Waals surface area (Å²) in [5.74, 6) is 0. The highest BCUT2D eigenvalue weighted by atomic mass is 15.0. The number of fused-ring (bicyclic) bond motifs is 9. The van der Waals surface area contributed by atoms with Crippen molar-refractivity contribution in [3.05, 3.63) is 261 Å². The van der Waals surface area contributed by atoms with Gasteiger partial charge in [-0.25, -0.2) is 0 Å². The van der Waals surface area contributed by atoms with Gasteiger partial charge in [0.15, 0.2) is 0 Å². The first kappa shape index (κ1) is 62.6. The van der Waals surface area contributed by atoms with Crippen molar-refractivity contribution in [3.8, 4) is 44.5 Å². The lowest BCUT2D eigenvalue weighted by atomic mass is 9.70. The Morgan fingerprint density at radius 2 is 0.724 bits per heavy atom. The van der Waals surface area contributed by atoms with Crippen molar-refractivity contribution < 1.29 is 28.5 Å². The lowest BCUT2D eigenvalue weighted by Gasteiger charge is -2.33. The van der Waals surface area contributed by atoms with Crippen LogP contribution in [0, 0.1) is 0 Å². The molecule has 6 aromatic carbocycles. The fourth-order valence-corrected chi connectivity index (χ4v) is 13.8. The molecule has 9 rings (SSSR count). The van der Waals surface area contributed by atoms with E-state index in [1.54, 1.807) is 11.1 Å². The average Bonchev–Trinajstić information content (AvgIpc) is 1.58. The van der Waals surface area contributed by atoms with Crippen molar-refractivity contribution in [1.82, 2.24) is 4.57 Å². The standard InChI is InChI=1S/C86H85N.20H2/c1-6-11-16-21-26-30-34-43-60-85(61-44-35-31-27-22-17-12-7-2)79-50-41-39-48-73(79)75-56-52-71(67-81(75)85)69-54-58-83-77(65-69)78-66-70(55-59-84(78)87(83)64-47-38-25-20-15-10-5)72-53-57-76-74-49-40-42-51-80(74)86(82(76)68-72,62-45-36-32-28-23-18-13-8-3)63-46-37-33-29-24-19-14-9-4;;;;;;;;;;;;;;;;;;;;/h39-42,48-61,65-68H,1-2,8-10,13-15,18-20,23-25,28-29,32-33,36-38,45-47,62-64H2,3-5H3;20*1H. The molecule has 0 radical (unpaired) electrons. The van der Waals surface area contributed by atoms with Crippen molar-refractivity contribution in [2.45, 2.75) is 192 Å². The topological polar surface area (TPSA) is 4.93 Å². The first-order valence-corrected chi connectivity index (χ1v) is 32.8. The van der Waals surface area contributed by atoms with E-state index in [0.29, 0.717) is 0 Å². The lowest BCUT2D eigenvalue weighted by molar-refractivity contribution is 0.397. The minimum Gasteiger partial charge on any atom is -0.340 e. The van der Waals surface area contributed by atoms with Gasteiger partial charge in [0.25, 0.3) is 0 Å². The van der Waals surface area contributed by atoms with Crippen LogP contribution in [0.25, 0.3) is 66.3 Å². The average molecular weight is 1170 g/mol. The number of aromatic nitrogens is 1. The van der Waals surface area contributed by atoms with Gasteiger partial charge in [-0.3, -0.25) is 0 Å². The highest BCUT2D eigenvalue weighted by Crippen LogP contribution is 2.56. The molecule has 0 spiro atoms. The molecule has 0 bridgehead atoms. The van der Waals surface area contributed by atoms with E-state index in [0.717, 1.165) is 46.3 Å². The smallest absolute Gasteiger partial charge is 0.0735 e. The maximum Gasteiger partial charge on any atom is 0.0735 e. The van der Waals surface area contributed by atoms with Crippen molar-refractivity contribution in [1.29, 1.82) is 0 Å². The molecule has 0 saturated carbocycles. The first-order chi connectivity index (χ1) is 43.0. The predicted molar refractivity (Wildman–Crippen MR) is 409 cm³/mol. The molecule has 2 aliphatic rings. The van der Waals surface area contributed by atoms with Gasteiger partial charge in [0, 0.05) is 62.3 Å². The summed E-state index contributed by atoms with van der Waals surface area (Å²) in [6.45, 7) is 15.0. The van der Waals surface area contributed by atoms with Crippen molar-refractivity contribution in [3.63, 3.8) is 0 Å². The SMILES string of the molecule is C=C=C=C=C=C=C=C=C=CC1(C=C=C=C=C=C=C=C=C=C)c2ccccc2-c2ccc(-c3ccc4c(c3)c3cc(-c5ccc6c(c5)C(CCCCCCCCCC)(CCCCCCCCCC)c5ccccc5-6)ccc3n4CCCCCCCC)cc21.[HH].[HH].[HH].[HH].[HH].[HH].[HH].[HH].[HH].[HH].[HH].[HH].[HH].[HH].[HH].[HH].[HH].[HH].[HH].[HH].